The summed E-state index contributed by atoms with van der Waals surface area (Å²) in [6, 6.07) is 8.61. The van der Waals surface area contributed by atoms with Crippen LogP contribution in [0.15, 0.2) is 24.3 Å². The number of hydrogen-bond donors (Lipinski definition) is 1. The first-order chi connectivity index (χ1) is 10.2. The maximum atomic E-state index is 13.0. The number of benzene rings is 1. The molecule has 21 heavy (non-hydrogen) atoms. The highest BCUT2D eigenvalue weighted by Gasteiger charge is 2.28. The third-order valence-electron chi connectivity index (χ3n) is 4.27. The molecule has 1 heterocycles. The number of para-hydroxylation sites is 1. The average Bonchev–Trinajstić information content (AvgIpc) is 2.66. The van der Waals surface area contributed by atoms with Gasteiger partial charge in [-0.1, -0.05) is 44.9 Å². The molecule has 1 atom stereocenters. The van der Waals surface area contributed by atoms with Crippen LogP contribution in [0.3, 0.4) is 0 Å². The maximum absolute atomic E-state index is 13.0. The molecule has 0 spiro atoms. The van der Waals surface area contributed by atoms with Gasteiger partial charge in [-0.15, -0.1) is 0 Å². The summed E-state index contributed by atoms with van der Waals surface area (Å²) < 4.78 is 0. The SMILES string of the molecule is CCCC(CCC)C(=O)N1CC(C)NCc2ccccc21. The normalized spacial score (nSPS) is 18.5. The van der Waals surface area contributed by atoms with Crippen LogP contribution in [0.1, 0.15) is 52.0 Å². The predicted molar refractivity (Wildman–Crippen MR) is 88.4 cm³/mol. The van der Waals surface area contributed by atoms with Gasteiger partial charge in [-0.3, -0.25) is 4.79 Å². The van der Waals surface area contributed by atoms with Crippen LogP contribution in [0.2, 0.25) is 0 Å². The van der Waals surface area contributed by atoms with E-state index in [9.17, 15) is 4.79 Å². The lowest BCUT2D eigenvalue weighted by Crippen LogP contribution is -2.42. The molecule has 0 fully saturated rings. The van der Waals surface area contributed by atoms with Gasteiger partial charge in [-0.05, 0) is 31.4 Å². The first-order valence-electron chi connectivity index (χ1n) is 8.30. The van der Waals surface area contributed by atoms with Crippen LogP contribution in [-0.2, 0) is 11.3 Å². The van der Waals surface area contributed by atoms with Gasteiger partial charge in [0.15, 0.2) is 0 Å². The number of hydrogen-bond acceptors (Lipinski definition) is 2. The lowest BCUT2D eigenvalue weighted by atomic mass is 9.96. The van der Waals surface area contributed by atoms with Crippen LogP contribution in [-0.4, -0.2) is 18.5 Å². The molecule has 1 unspecified atom stereocenters. The third-order valence-corrected chi connectivity index (χ3v) is 4.27. The van der Waals surface area contributed by atoms with Gasteiger partial charge in [-0.2, -0.15) is 0 Å². The van der Waals surface area contributed by atoms with E-state index >= 15 is 0 Å². The van der Waals surface area contributed by atoms with Crippen molar-refractivity contribution < 1.29 is 4.79 Å². The first-order valence-corrected chi connectivity index (χ1v) is 8.30. The predicted octanol–water partition coefficient (Wildman–Crippen LogP) is 3.73. The number of nitrogens with zero attached hydrogens (tertiary/aromatic N) is 1. The maximum Gasteiger partial charge on any atom is 0.230 e. The van der Waals surface area contributed by atoms with Gasteiger partial charge in [0.25, 0.3) is 0 Å². The van der Waals surface area contributed by atoms with Crippen molar-refractivity contribution in [2.45, 2.75) is 59.0 Å². The van der Waals surface area contributed by atoms with Crippen LogP contribution in [0, 0.1) is 5.92 Å². The molecule has 0 aromatic heterocycles. The molecule has 1 aliphatic rings. The van der Waals surface area contributed by atoms with E-state index in [1.54, 1.807) is 0 Å². The highest BCUT2D eigenvalue weighted by atomic mass is 16.2. The number of amides is 1. The van der Waals surface area contributed by atoms with Crippen LogP contribution in [0.5, 0.6) is 0 Å². The minimum atomic E-state index is 0.165. The standard InChI is InChI=1S/C18H28N2O/c1-4-8-15(9-5-2)18(21)20-13-14(3)19-12-16-10-6-7-11-17(16)20/h6-7,10-11,14-15,19H,4-5,8-9,12-13H2,1-3H3. The highest BCUT2D eigenvalue weighted by molar-refractivity contribution is 5.96. The first kappa shape index (κ1) is 16.0. The van der Waals surface area contributed by atoms with E-state index < -0.39 is 0 Å². The molecular weight excluding hydrogens is 260 g/mol. The zero-order valence-electron chi connectivity index (χ0n) is 13.6. The highest BCUT2D eigenvalue weighted by Crippen LogP contribution is 2.27. The quantitative estimate of drug-likeness (QED) is 0.895. The Hall–Kier alpha value is -1.35. The molecule has 2 rings (SSSR count). The largest absolute Gasteiger partial charge is 0.310 e. The molecule has 1 aromatic carbocycles. The smallest absolute Gasteiger partial charge is 0.230 e. The Bertz CT molecular complexity index is 466. The summed E-state index contributed by atoms with van der Waals surface area (Å²) in [5.74, 6) is 0.472. The van der Waals surface area contributed by atoms with Crippen molar-refractivity contribution in [3.63, 3.8) is 0 Å². The van der Waals surface area contributed by atoms with Crippen molar-refractivity contribution in [1.29, 1.82) is 0 Å². The lowest BCUT2D eigenvalue weighted by molar-refractivity contribution is -0.122. The Balaban J connectivity index is 2.28. The summed E-state index contributed by atoms with van der Waals surface area (Å²) in [7, 11) is 0. The summed E-state index contributed by atoms with van der Waals surface area (Å²) in [5, 5.41) is 3.49. The second-order valence-corrected chi connectivity index (χ2v) is 6.13. The average molecular weight is 288 g/mol. The summed E-state index contributed by atoms with van der Waals surface area (Å²) in [6.07, 6.45) is 4.12. The second kappa shape index (κ2) is 7.60. The molecule has 0 saturated heterocycles. The topological polar surface area (TPSA) is 32.3 Å². The van der Waals surface area contributed by atoms with Crippen molar-refractivity contribution >= 4 is 11.6 Å². The molecule has 0 saturated carbocycles. The Kier molecular flexibility index (Phi) is 5.80. The fraction of sp³-hybridized carbons (Fsp3) is 0.611. The van der Waals surface area contributed by atoms with Gasteiger partial charge >= 0.3 is 0 Å². The molecule has 3 nitrogen and oxygen atoms in total. The Morgan fingerprint density at radius 3 is 2.62 bits per heavy atom. The molecule has 1 aromatic rings. The lowest BCUT2D eigenvalue weighted by Gasteiger charge is -2.28. The van der Waals surface area contributed by atoms with E-state index in [1.165, 1.54) is 5.56 Å². The van der Waals surface area contributed by atoms with Crippen LogP contribution in [0.4, 0.5) is 5.69 Å². The van der Waals surface area contributed by atoms with Gasteiger partial charge in [0, 0.05) is 30.7 Å². The van der Waals surface area contributed by atoms with Crippen LogP contribution in [0.25, 0.3) is 0 Å². The van der Waals surface area contributed by atoms with Crippen molar-refractivity contribution in [2.75, 3.05) is 11.4 Å². The van der Waals surface area contributed by atoms with E-state index in [-0.39, 0.29) is 5.92 Å². The number of carbonyl (C=O) groups is 1. The second-order valence-electron chi connectivity index (χ2n) is 6.13. The van der Waals surface area contributed by atoms with E-state index in [0.29, 0.717) is 11.9 Å². The summed E-state index contributed by atoms with van der Waals surface area (Å²) in [5.41, 5.74) is 2.32. The van der Waals surface area contributed by atoms with E-state index in [0.717, 1.165) is 44.5 Å². The molecule has 1 amide bonds. The Morgan fingerprint density at radius 1 is 1.29 bits per heavy atom. The Morgan fingerprint density at radius 2 is 1.95 bits per heavy atom. The van der Waals surface area contributed by atoms with E-state index in [4.69, 9.17) is 0 Å². The number of nitrogens with one attached hydrogen (secondary N) is 1. The van der Waals surface area contributed by atoms with Crippen LogP contribution >= 0.6 is 0 Å². The number of fused-ring (bicyclic) bond motifs is 1. The van der Waals surface area contributed by atoms with E-state index in [2.05, 4.69) is 44.3 Å². The van der Waals surface area contributed by atoms with Gasteiger partial charge in [0.2, 0.25) is 5.91 Å². The van der Waals surface area contributed by atoms with Crippen molar-refractivity contribution in [2.24, 2.45) is 5.92 Å². The van der Waals surface area contributed by atoms with Gasteiger partial charge < -0.3 is 10.2 Å². The van der Waals surface area contributed by atoms with Gasteiger partial charge in [0.05, 0.1) is 0 Å². The molecular formula is C18H28N2O. The van der Waals surface area contributed by atoms with Crippen molar-refractivity contribution in [3.8, 4) is 0 Å². The minimum Gasteiger partial charge on any atom is -0.310 e. The molecule has 1 aliphatic heterocycles. The summed E-state index contributed by atoms with van der Waals surface area (Å²) in [4.78, 5) is 15.1. The summed E-state index contributed by atoms with van der Waals surface area (Å²) in [6.45, 7) is 8.08. The number of carbonyl (C=O) groups excluding carboxylic acids is 1. The zero-order valence-corrected chi connectivity index (χ0v) is 13.6. The zero-order chi connectivity index (χ0) is 15.2. The molecule has 0 radical (unpaired) electrons. The minimum absolute atomic E-state index is 0.165. The molecule has 1 N–H and O–H groups in total. The fourth-order valence-corrected chi connectivity index (χ4v) is 3.16. The molecule has 116 valence electrons. The number of anilines is 1. The van der Waals surface area contributed by atoms with Crippen LogP contribution < -0.4 is 10.2 Å². The van der Waals surface area contributed by atoms with Gasteiger partial charge in [0.1, 0.15) is 0 Å². The van der Waals surface area contributed by atoms with Crippen molar-refractivity contribution in [3.05, 3.63) is 29.8 Å². The van der Waals surface area contributed by atoms with Crippen molar-refractivity contribution in [1.82, 2.24) is 5.32 Å². The molecule has 3 heteroatoms. The molecule has 0 aliphatic carbocycles. The number of rotatable bonds is 5. The fourth-order valence-electron chi connectivity index (χ4n) is 3.16. The molecule has 0 bridgehead atoms. The summed E-state index contributed by atoms with van der Waals surface area (Å²) >= 11 is 0. The monoisotopic (exact) mass is 288 g/mol. The van der Waals surface area contributed by atoms with Gasteiger partial charge in [-0.25, -0.2) is 0 Å². The third kappa shape index (κ3) is 3.85. The Labute approximate surface area is 128 Å². The van der Waals surface area contributed by atoms with E-state index in [1.807, 2.05) is 11.0 Å².